The Bertz CT molecular complexity index is 1110. The van der Waals surface area contributed by atoms with Gasteiger partial charge in [-0.25, -0.2) is 4.31 Å². The first-order chi connectivity index (χ1) is 16.0. The number of halogens is 1. The zero-order valence-electron chi connectivity index (χ0n) is 18.8. The molecular formula is C25H29ClN4O2S. The maximum Gasteiger partial charge on any atom is 0.298 e. The molecule has 6 nitrogen and oxygen atoms in total. The summed E-state index contributed by atoms with van der Waals surface area (Å²) in [5, 5.41) is 3.88. The lowest BCUT2D eigenvalue weighted by Crippen LogP contribution is -2.40. The molecule has 2 aliphatic heterocycles. The largest absolute Gasteiger partial charge is 0.423 e. The van der Waals surface area contributed by atoms with Gasteiger partial charge in [0, 0.05) is 42.6 Å². The predicted molar refractivity (Wildman–Crippen MR) is 134 cm³/mol. The van der Waals surface area contributed by atoms with E-state index in [4.69, 9.17) is 16.0 Å². The summed E-state index contributed by atoms with van der Waals surface area (Å²) in [6.07, 6.45) is 2.95. The van der Waals surface area contributed by atoms with Crippen molar-refractivity contribution >= 4 is 46.6 Å². The Hall–Kier alpha value is -2.22. The van der Waals surface area contributed by atoms with Crippen molar-refractivity contribution in [2.24, 2.45) is 11.8 Å². The molecule has 3 heterocycles. The van der Waals surface area contributed by atoms with Crippen LogP contribution < -0.4 is 10.2 Å². The molecule has 2 aliphatic rings. The summed E-state index contributed by atoms with van der Waals surface area (Å²) in [5.74, 6) is 0.762. The maximum atomic E-state index is 12.8. The molecule has 1 unspecified atom stereocenters. The molecule has 8 heteroatoms. The second-order valence-corrected chi connectivity index (χ2v) is 10.7. The van der Waals surface area contributed by atoms with E-state index in [0.29, 0.717) is 17.0 Å². The number of fused-ring (bicyclic) bond motifs is 1. The van der Waals surface area contributed by atoms with Gasteiger partial charge in [-0.3, -0.25) is 4.79 Å². The van der Waals surface area contributed by atoms with E-state index >= 15 is 0 Å². The number of piperidine rings is 1. The van der Waals surface area contributed by atoms with Crippen LogP contribution in [0, 0.1) is 18.8 Å². The van der Waals surface area contributed by atoms with E-state index in [1.54, 1.807) is 11.9 Å². The van der Waals surface area contributed by atoms with Gasteiger partial charge in [-0.2, -0.15) is 4.98 Å². The van der Waals surface area contributed by atoms with Crippen LogP contribution in [0.2, 0.25) is 5.02 Å². The number of oxazole rings is 1. The van der Waals surface area contributed by atoms with Gasteiger partial charge in [0.25, 0.3) is 6.01 Å². The number of carbonyl (C=O) groups excluding carboxylic acids is 1. The lowest BCUT2D eigenvalue weighted by molar-refractivity contribution is -0.124. The van der Waals surface area contributed by atoms with E-state index in [9.17, 15) is 4.79 Å². The Balaban J connectivity index is 1.06. The van der Waals surface area contributed by atoms with Crippen LogP contribution in [0.5, 0.6) is 0 Å². The molecule has 2 aromatic carbocycles. The van der Waals surface area contributed by atoms with E-state index in [0.717, 1.165) is 63.1 Å². The quantitative estimate of drug-likeness (QED) is 0.488. The number of anilines is 1. The van der Waals surface area contributed by atoms with E-state index in [2.05, 4.69) is 50.7 Å². The van der Waals surface area contributed by atoms with Crippen molar-refractivity contribution in [2.45, 2.75) is 31.1 Å². The van der Waals surface area contributed by atoms with Gasteiger partial charge < -0.3 is 14.6 Å². The van der Waals surface area contributed by atoms with Gasteiger partial charge in [-0.1, -0.05) is 29.3 Å². The van der Waals surface area contributed by atoms with Crippen LogP contribution in [0.25, 0.3) is 11.1 Å². The van der Waals surface area contributed by atoms with Crippen molar-refractivity contribution in [3.8, 4) is 0 Å². The molecule has 33 heavy (non-hydrogen) atoms. The monoisotopic (exact) mass is 484 g/mol. The summed E-state index contributed by atoms with van der Waals surface area (Å²) in [4.78, 5) is 20.8. The van der Waals surface area contributed by atoms with E-state index in [-0.39, 0.29) is 11.8 Å². The minimum absolute atomic E-state index is 0.0783. The smallest absolute Gasteiger partial charge is 0.298 e. The average Bonchev–Trinajstić information content (AvgIpc) is 3.46. The van der Waals surface area contributed by atoms with Crippen LogP contribution in [0.15, 0.2) is 51.8 Å². The summed E-state index contributed by atoms with van der Waals surface area (Å²) < 4.78 is 8.21. The fourth-order valence-electron chi connectivity index (χ4n) is 4.51. The molecule has 174 valence electrons. The van der Waals surface area contributed by atoms with E-state index in [1.165, 1.54) is 10.5 Å². The third-order valence-corrected chi connectivity index (χ3v) is 7.87. The van der Waals surface area contributed by atoms with E-state index < -0.39 is 0 Å². The lowest BCUT2D eigenvalue weighted by Gasteiger charge is -2.31. The zero-order chi connectivity index (χ0) is 22.8. The van der Waals surface area contributed by atoms with Crippen LogP contribution >= 0.6 is 23.5 Å². The summed E-state index contributed by atoms with van der Waals surface area (Å²) in [7, 11) is 0. The highest BCUT2D eigenvalue weighted by atomic mass is 35.5. The number of amides is 1. The van der Waals surface area contributed by atoms with Crippen molar-refractivity contribution in [3.05, 3.63) is 53.1 Å². The summed E-state index contributed by atoms with van der Waals surface area (Å²) in [6, 6.07) is 14.7. The molecule has 1 N–H and O–H groups in total. The summed E-state index contributed by atoms with van der Waals surface area (Å²) >= 11 is 7.81. The fraction of sp³-hybridized carbons (Fsp3) is 0.440. The molecule has 5 rings (SSSR count). The second-order valence-electron chi connectivity index (χ2n) is 9.06. The van der Waals surface area contributed by atoms with Crippen LogP contribution in [0.1, 0.15) is 24.8 Å². The van der Waals surface area contributed by atoms with Crippen molar-refractivity contribution < 1.29 is 9.21 Å². The molecule has 2 saturated heterocycles. The van der Waals surface area contributed by atoms with E-state index in [1.807, 2.05) is 18.2 Å². The normalized spacial score (nSPS) is 19.9. The van der Waals surface area contributed by atoms with Gasteiger partial charge in [0.05, 0.1) is 5.92 Å². The zero-order valence-corrected chi connectivity index (χ0v) is 20.4. The Morgan fingerprint density at radius 2 is 1.94 bits per heavy atom. The third kappa shape index (κ3) is 5.48. The predicted octanol–water partition coefficient (Wildman–Crippen LogP) is 5.15. The molecule has 0 bridgehead atoms. The van der Waals surface area contributed by atoms with Crippen LogP contribution in [-0.4, -0.2) is 47.9 Å². The van der Waals surface area contributed by atoms with Crippen LogP contribution in [-0.2, 0) is 4.79 Å². The number of benzene rings is 2. The number of nitrogens with zero attached hydrogens (tertiary/aromatic N) is 3. The first-order valence-corrected chi connectivity index (χ1v) is 12.8. The first kappa shape index (κ1) is 22.6. The lowest BCUT2D eigenvalue weighted by atomic mass is 9.96. The molecule has 0 saturated carbocycles. The number of nitrogens with one attached hydrogen (secondary N) is 1. The topological polar surface area (TPSA) is 61.6 Å². The SMILES string of the molecule is Cc1ccc(SN2CCC(C(=O)NCC3CCN(c4nc5cc(Cl)ccc5o4)CC3)C2)cc1. The standard InChI is InChI=1S/C25H29ClN4O2S/c1-17-2-5-21(6-3-17)33-30-13-10-19(16-30)24(31)27-15-18-8-11-29(12-9-18)25-28-22-14-20(26)4-7-23(22)32-25/h2-7,14,18-19H,8-13,15-16H2,1H3,(H,27,31). The van der Waals surface area contributed by atoms with Gasteiger partial charge in [0.2, 0.25) is 5.91 Å². The maximum absolute atomic E-state index is 12.8. The van der Waals surface area contributed by atoms with Crippen LogP contribution in [0.3, 0.4) is 0 Å². The highest BCUT2D eigenvalue weighted by molar-refractivity contribution is 7.97. The van der Waals surface area contributed by atoms with Crippen molar-refractivity contribution in [1.82, 2.24) is 14.6 Å². The average molecular weight is 485 g/mol. The van der Waals surface area contributed by atoms with Gasteiger partial charge in [-0.15, -0.1) is 0 Å². The Morgan fingerprint density at radius 1 is 1.15 bits per heavy atom. The number of hydrogen-bond acceptors (Lipinski definition) is 6. The van der Waals surface area contributed by atoms with Crippen molar-refractivity contribution in [1.29, 1.82) is 0 Å². The molecule has 0 radical (unpaired) electrons. The molecular weight excluding hydrogens is 456 g/mol. The Labute approximate surface area is 203 Å². The van der Waals surface area contributed by atoms with Crippen LogP contribution in [0.4, 0.5) is 6.01 Å². The molecule has 0 spiro atoms. The first-order valence-electron chi connectivity index (χ1n) is 11.6. The highest BCUT2D eigenvalue weighted by Gasteiger charge is 2.30. The Kier molecular flexibility index (Phi) is 6.81. The number of aromatic nitrogens is 1. The Morgan fingerprint density at radius 3 is 2.73 bits per heavy atom. The van der Waals surface area contributed by atoms with Gasteiger partial charge in [-0.05, 0) is 74.4 Å². The summed E-state index contributed by atoms with van der Waals surface area (Å²) in [6.45, 7) is 6.37. The number of carbonyl (C=O) groups is 1. The third-order valence-electron chi connectivity index (χ3n) is 6.57. The minimum atomic E-state index is 0.0783. The number of hydrogen-bond donors (Lipinski definition) is 1. The molecule has 1 amide bonds. The number of rotatable bonds is 6. The molecule has 2 fully saturated rings. The van der Waals surface area contributed by atoms with Gasteiger partial charge in [0.1, 0.15) is 5.52 Å². The summed E-state index contributed by atoms with van der Waals surface area (Å²) in [5.41, 5.74) is 2.82. The van der Waals surface area contributed by atoms with Gasteiger partial charge in [0.15, 0.2) is 5.58 Å². The molecule has 3 aromatic rings. The second kappa shape index (κ2) is 9.95. The molecule has 1 aromatic heterocycles. The van der Waals surface area contributed by atoms with Crippen molar-refractivity contribution in [3.63, 3.8) is 0 Å². The van der Waals surface area contributed by atoms with Crippen molar-refractivity contribution in [2.75, 3.05) is 37.6 Å². The van der Waals surface area contributed by atoms with Gasteiger partial charge >= 0.3 is 0 Å². The minimum Gasteiger partial charge on any atom is -0.423 e. The molecule has 0 aliphatic carbocycles. The number of aryl methyl sites for hydroxylation is 1. The highest BCUT2D eigenvalue weighted by Crippen LogP contribution is 2.30. The molecule has 1 atom stereocenters. The fourth-order valence-corrected chi connectivity index (χ4v) is 5.69.